The molecule has 1 aliphatic heterocycles. The zero-order valence-electron chi connectivity index (χ0n) is 10.8. The highest BCUT2D eigenvalue weighted by Crippen LogP contribution is 2.19. The number of carbonyl (C=O) groups is 2. The van der Waals surface area contributed by atoms with Crippen LogP contribution in [-0.4, -0.2) is 37.9 Å². The summed E-state index contributed by atoms with van der Waals surface area (Å²) < 4.78 is 9.86. The largest absolute Gasteiger partial charge is 0.449 e. The van der Waals surface area contributed by atoms with Gasteiger partial charge in [0.15, 0.2) is 6.23 Å². The summed E-state index contributed by atoms with van der Waals surface area (Å²) in [4.78, 5) is 21.8. The molecule has 0 aliphatic carbocycles. The van der Waals surface area contributed by atoms with Gasteiger partial charge in [0.05, 0.1) is 5.92 Å². The van der Waals surface area contributed by atoms with Gasteiger partial charge in [-0.15, -0.1) is 6.42 Å². The zero-order chi connectivity index (χ0) is 14.1. The van der Waals surface area contributed by atoms with Crippen LogP contribution in [0.3, 0.4) is 0 Å². The number of nitrogens with one attached hydrogen (secondary N) is 1. The van der Waals surface area contributed by atoms with E-state index in [-0.39, 0.29) is 11.8 Å². The maximum absolute atomic E-state index is 11.8. The van der Waals surface area contributed by atoms with Gasteiger partial charge >= 0.3 is 0 Å². The fourth-order valence-electron chi connectivity index (χ4n) is 1.94. The van der Waals surface area contributed by atoms with Gasteiger partial charge in [-0.05, 0) is 25.7 Å². The van der Waals surface area contributed by atoms with Gasteiger partial charge in [0.1, 0.15) is 6.10 Å². The number of hydrogen-bond donors (Lipinski definition) is 2. The van der Waals surface area contributed by atoms with E-state index in [0.717, 1.165) is 19.3 Å². The van der Waals surface area contributed by atoms with E-state index in [9.17, 15) is 9.59 Å². The normalized spacial score (nSPS) is 23.4. The highest BCUT2D eigenvalue weighted by molar-refractivity contribution is 5.81. The van der Waals surface area contributed by atoms with E-state index in [2.05, 4.69) is 16.0 Å². The number of ether oxygens (including phenoxy) is 2. The first-order valence-electron chi connectivity index (χ1n) is 6.39. The van der Waals surface area contributed by atoms with Crippen molar-refractivity contribution in [1.29, 1.82) is 0 Å². The fraction of sp³-hybridized carbons (Fsp3) is 0.692. The van der Waals surface area contributed by atoms with Crippen LogP contribution in [0.5, 0.6) is 0 Å². The SMILES string of the molecule is C#C[C@@H]1CCO[C@H]1C(=O)NCCCC[C@H](N)OC=O. The minimum Gasteiger partial charge on any atom is -0.449 e. The van der Waals surface area contributed by atoms with Crippen molar-refractivity contribution in [2.45, 2.75) is 38.0 Å². The Morgan fingerprint density at radius 2 is 2.42 bits per heavy atom. The van der Waals surface area contributed by atoms with E-state index in [1.165, 1.54) is 0 Å². The monoisotopic (exact) mass is 268 g/mol. The molecule has 1 amide bonds. The lowest BCUT2D eigenvalue weighted by Crippen LogP contribution is -2.38. The molecule has 3 N–H and O–H groups in total. The quantitative estimate of drug-likeness (QED) is 0.275. The third kappa shape index (κ3) is 5.28. The third-order valence-electron chi connectivity index (χ3n) is 3.01. The Morgan fingerprint density at radius 1 is 1.63 bits per heavy atom. The lowest BCUT2D eigenvalue weighted by Gasteiger charge is -2.14. The summed E-state index contributed by atoms with van der Waals surface area (Å²) in [6.45, 7) is 1.40. The summed E-state index contributed by atoms with van der Waals surface area (Å²) in [6, 6.07) is 0. The average Bonchev–Trinajstić information content (AvgIpc) is 2.86. The standard InChI is InChI=1S/C13H20N2O4/c1-2-10-6-8-18-12(10)13(17)15-7-4-3-5-11(14)19-9-16/h1,9-12H,3-8,14H2,(H,15,17)/t10-,11-,12-/m1/s1. The molecule has 6 nitrogen and oxygen atoms in total. The maximum atomic E-state index is 11.8. The molecule has 0 spiro atoms. The minimum atomic E-state index is -0.572. The maximum Gasteiger partial charge on any atom is 0.294 e. The van der Waals surface area contributed by atoms with Gasteiger partial charge in [-0.1, -0.05) is 5.92 Å². The number of carbonyl (C=O) groups excluding carboxylic acids is 2. The van der Waals surface area contributed by atoms with Crippen molar-refractivity contribution < 1.29 is 19.1 Å². The average molecular weight is 268 g/mol. The lowest BCUT2D eigenvalue weighted by atomic mass is 10.0. The van der Waals surface area contributed by atoms with E-state index >= 15 is 0 Å². The Morgan fingerprint density at radius 3 is 3.11 bits per heavy atom. The molecule has 0 aromatic carbocycles. The second-order valence-corrected chi connectivity index (χ2v) is 4.41. The van der Waals surface area contributed by atoms with Crippen molar-refractivity contribution in [3.63, 3.8) is 0 Å². The molecule has 19 heavy (non-hydrogen) atoms. The summed E-state index contributed by atoms with van der Waals surface area (Å²) in [5, 5.41) is 2.78. The highest BCUT2D eigenvalue weighted by atomic mass is 16.5. The van der Waals surface area contributed by atoms with Crippen molar-refractivity contribution >= 4 is 12.4 Å². The Hall–Kier alpha value is -1.58. The molecule has 3 atom stereocenters. The van der Waals surface area contributed by atoms with Crippen LogP contribution < -0.4 is 11.1 Å². The lowest BCUT2D eigenvalue weighted by molar-refractivity contribution is -0.133. The van der Waals surface area contributed by atoms with Crippen LogP contribution in [0.25, 0.3) is 0 Å². The second-order valence-electron chi connectivity index (χ2n) is 4.41. The summed E-state index contributed by atoms with van der Waals surface area (Å²) in [7, 11) is 0. The van der Waals surface area contributed by atoms with Gasteiger partial charge in [0, 0.05) is 13.2 Å². The van der Waals surface area contributed by atoms with Crippen molar-refractivity contribution in [3.05, 3.63) is 0 Å². The summed E-state index contributed by atoms with van der Waals surface area (Å²) in [5.74, 6) is 2.28. The molecule has 0 aromatic heterocycles. The van der Waals surface area contributed by atoms with Crippen LogP contribution in [0, 0.1) is 18.3 Å². The number of nitrogens with two attached hydrogens (primary N) is 1. The predicted molar refractivity (Wildman–Crippen MR) is 68.7 cm³/mol. The van der Waals surface area contributed by atoms with Crippen LogP contribution in [0.2, 0.25) is 0 Å². The Labute approximate surface area is 113 Å². The molecule has 0 aromatic rings. The van der Waals surface area contributed by atoms with Gasteiger partial charge in [-0.3, -0.25) is 15.3 Å². The summed E-state index contributed by atoms with van der Waals surface area (Å²) in [5.41, 5.74) is 5.48. The number of unbranched alkanes of at least 4 members (excludes halogenated alkanes) is 1. The van der Waals surface area contributed by atoms with Crippen molar-refractivity contribution in [1.82, 2.24) is 5.32 Å². The predicted octanol–water partition coefficient (Wildman–Crippen LogP) is -0.231. The number of hydrogen-bond acceptors (Lipinski definition) is 5. The van der Waals surface area contributed by atoms with Gasteiger partial charge in [0.2, 0.25) is 5.91 Å². The molecule has 1 fully saturated rings. The molecule has 0 unspecified atom stereocenters. The van der Waals surface area contributed by atoms with Crippen molar-refractivity contribution in [2.24, 2.45) is 11.7 Å². The first-order chi connectivity index (χ1) is 9.19. The Bertz CT molecular complexity index is 340. The smallest absolute Gasteiger partial charge is 0.294 e. The van der Waals surface area contributed by atoms with Gasteiger partial charge in [-0.25, -0.2) is 0 Å². The van der Waals surface area contributed by atoms with E-state index in [4.69, 9.17) is 16.9 Å². The third-order valence-corrected chi connectivity index (χ3v) is 3.01. The topological polar surface area (TPSA) is 90.7 Å². The number of amides is 1. The zero-order valence-corrected chi connectivity index (χ0v) is 10.8. The number of terminal acetylenes is 1. The molecule has 6 heteroatoms. The first-order valence-corrected chi connectivity index (χ1v) is 6.39. The highest BCUT2D eigenvalue weighted by Gasteiger charge is 2.32. The molecular weight excluding hydrogens is 248 g/mol. The summed E-state index contributed by atoms with van der Waals surface area (Å²) >= 11 is 0. The molecule has 1 heterocycles. The van der Waals surface area contributed by atoms with E-state index in [1.54, 1.807) is 0 Å². The molecule has 1 aliphatic rings. The van der Waals surface area contributed by atoms with Gasteiger partial charge in [-0.2, -0.15) is 0 Å². The van der Waals surface area contributed by atoms with Crippen LogP contribution in [-0.2, 0) is 19.1 Å². The van der Waals surface area contributed by atoms with E-state index in [1.807, 2.05) is 0 Å². The molecule has 0 bridgehead atoms. The molecular formula is C13H20N2O4. The molecule has 1 rings (SSSR count). The number of rotatable bonds is 8. The Balaban J connectivity index is 2.11. The van der Waals surface area contributed by atoms with Crippen LogP contribution in [0.4, 0.5) is 0 Å². The molecule has 0 saturated carbocycles. The van der Waals surface area contributed by atoms with Crippen LogP contribution in [0.1, 0.15) is 25.7 Å². The van der Waals surface area contributed by atoms with E-state index in [0.29, 0.717) is 26.0 Å². The Kier molecular flexibility index (Phi) is 6.93. The molecule has 0 radical (unpaired) electrons. The summed E-state index contributed by atoms with van der Waals surface area (Å²) in [6.07, 6.45) is 7.06. The van der Waals surface area contributed by atoms with Crippen molar-refractivity contribution in [3.8, 4) is 12.3 Å². The minimum absolute atomic E-state index is 0.130. The van der Waals surface area contributed by atoms with E-state index < -0.39 is 12.3 Å². The molecule has 1 saturated heterocycles. The molecule has 106 valence electrons. The van der Waals surface area contributed by atoms with Crippen LogP contribution in [0.15, 0.2) is 0 Å². The van der Waals surface area contributed by atoms with Gasteiger partial charge < -0.3 is 14.8 Å². The van der Waals surface area contributed by atoms with Crippen LogP contribution >= 0.6 is 0 Å². The van der Waals surface area contributed by atoms with Gasteiger partial charge in [0.25, 0.3) is 6.47 Å². The fourth-order valence-corrected chi connectivity index (χ4v) is 1.94. The second kappa shape index (κ2) is 8.51. The van der Waals surface area contributed by atoms with Crippen molar-refractivity contribution in [2.75, 3.05) is 13.2 Å². The first kappa shape index (κ1) is 15.5.